The largest absolute Gasteiger partial charge is 0.285 e. The number of nitrogens with zero attached hydrogens (tertiary/aromatic N) is 4. The number of nitrogens with one attached hydrogen (secondary N) is 1. The van der Waals surface area contributed by atoms with Crippen molar-refractivity contribution in [2.45, 2.75) is 18.4 Å². The maximum Gasteiger partial charge on any atom is 0.243 e. The SMILES string of the molecule is Cc1cnc2c(S(=O)(=O)NCc3nnc4ccccn34)cccc2c1. The first-order chi connectivity index (χ1) is 12.0. The average molecular weight is 353 g/mol. The van der Waals surface area contributed by atoms with Crippen LogP contribution in [0.1, 0.15) is 11.4 Å². The monoisotopic (exact) mass is 353 g/mol. The van der Waals surface area contributed by atoms with Crippen molar-refractivity contribution in [3.8, 4) is 0 Å². The first-order valence-corrected chi connectivity index (χ1v) is 9.17. The van der Waals surface area contributed by atoms with E-state index in [0.29, 0.717) is 17.0 Å². The number of pyridine rings is 2. The van der Waals surface area contributed by atoms with E-state index in [-0.39, 0.29) is 11.4 Å². The van der Waals surface area contributed by atoms with Gasteiger partial charge in [-0.25, -0.2) is 13.1 Å². The van der Waals surface area contributed by atoms with E-state index in [0.717, 1.165) is 10.9 Å². The first-order valence-electron chi connectivity index (χ1n) is 7.68. The van der Waals surface area contributed by atoms with Gasteiger partial charge >= 0.3 is 0 Å². The topological polar surface area (TPSA) is 89.2 Å². The molecule has 126 valence electrons. The molecule has 0 aliphatic rings. The van der Waals surface area contributed by atoms with Crippen LogP contribution in [0.4, 0.5) is 0 Å². The maximum atomic E-state index is 12.8. The quantitative estimate of drug-likeness (QED) is 0.607. The average Bonchev–Trinajstić information content (AvgIpc) is 3.02. The van der Waals surface area contributed by atoms with E-state index in [2.05, 4.69) is 19.9 Å². The second-order valence-electron chi connectivity index (χ2n) is 5.71. The molecule has 0 saturated carbocycles. The summed E-state index contributed by atoms with van der Waals surface area (Å²) in [6.07, 6.45) is 3.45. The van der Waals surface area contributed by atoms with E-state index in [9.17, 15) is 8.42 Å². The molecule has 8 heteroatoms. The molecule has 0 saturated heterocycles. The summed E-state index contributed by atoms with van der Waals surface area (Å²) >= 11 is 0. The molecule has 4 aromatic rings. The van der Waals surface area contributed by atoms with Gasteiger partial charge in [-0.3, -0.25) is 9.38 Å². The zero-order chi connectivity index (χ0) is 17.4. The van der Waals surface area contributed by atoms with Crippen molar-refractivity contribution in [1.82, 2.24) is 24.3 Å². The molecule has 1 aromatic carbocycles. The van der Waals surface area contributed by atoms with Gasteiger partial charge in [0.05, 0.1) is 12.1 Å². The Morgan fingerprint density at radius 2 is 2.00 bits per heavy atom. The number of benzene rings is 1. The third kappa shape index (κ3) is 2.86. The second-order valence-corrected chi connectivity index (χ2v) is 7.45. The highest BCUT2D eigenvalue weighted by Crippen LogP contribution is 2.21. The van der Waals surface area contributed by atoms with Crippen molar-refractivity contribution < 1.29 is 8.42 Å². The van der Waals surface area contributed by atoms with Crippen LogP contribution in [0, 0.1) is 6.92 Å². The van der Waals surface area contributed by atoms with E-state index >= 15 is 0 Å². The Labute approximate surface area is 144 Å². The number of hydrogen-bond donors (Lipinski definition) is 1. The summed E-state index contributed by atoms with van der Waals surface area (Å²) in [4.78, 5) is 4.44. The number of aryl methyl sites for hydroxylation is 1. The van der Waals surface area contributed by atoms with Gasteiger partial charge < -0.3 is 0 Å². The molecule has 7 nitrogen and oxygen atoms in total. The number of sulfonamides is 1. The molecule has 0 fully saturated rings. The van der Waals surface area contributed by atoms with Gasteiger partial charge in [0.25, 0.3) is 0 Å². The fourth-order valence-electron chi connectivity index (χ4n) is 2.71. The van der Waals surface area contributed by atoms with Crippen molar-refractivity contribution >= 4 is 26.6 Å². The van der Waals surface area contributed by atoms with Gasteiger partial charge in [-0.2, -0.15) is 0 Å². The lowest BCUT2D eigenvalue weighted by Gasteiger charge is -2.09. The maximum absolute atomic E-state index is 12.8. The lowest BCUT2D eigenvalue weighted by atomic mass is 10.2. The van der Waals surface area contributed by atoms with Gasteiger partial charge in [0, 0.05) is 17.8 Å². The van der Waals surface area contributed by atoms with Gasteiger partial charge in [0.15, 0.2) is 11.5 Å². The molecular weight excluding hydrogens is 338 g/mol. The zero-order valence-electron chi connectivity index (χ0n) is 13.4. The molecule has 0 aliphatic carbocycles. The summed E-state index contributed by atoms with van der Waals surface area (Å²) in [6, 6.07) is 12.5. The number of rotatable bonds is 4. The highest BCUT2D eigenvalue weighted by Gasteiger charge is 2.19. The third-order valence-corrected chi connectivity index (χ3v) is 5.34. The van der Waals surface area contributed by atoms with E-state index in [4.69, 9.17) is 0 Å². The van der Waals surface area contributed by atoms with Gasteiger partial charge in [0.1, 0.15) is 4.90 Å². The molecule has 3 heterocycles. The summed E-state index contributed by atoms with van der Waals surface area (Å²) in [7, 11) is -3.74. The Hall–Kier alpha value is -2.84. The molecular formula is C17H15N5O2S. The van der Waals surface area contributed by atoms with Crippen molar-refractivity contribution in [2.24, 2.45) is 0 Å². The zero-order valence-corrected chi connectivity index (χ0v) is 14.2. The molecule has 0 amide bonds. The first kappa shape index (κ1) is 15.7. The van der Waals surface area contributed by atoms with Crippen LogP contribution in [0.3, 0.4) is 0 Å². The van der Waals surface area contributed by atoms with Crippen molar-refractivity contribution in [1.29, 1.82) is 0 Å². The predicted octanol–water partition coefficient (Wildman–Crippen LogP) is 2.06. The second kappa shape index (κ2) is 5.91. The fourth-order valence-corrected chi connectivity index (χ4v) is 3.87. The van der Waals surface area contributed by atoms with E-state index < -0.39 is 10.0 Å². The highest BCUT2D eigenvalue weighted by molar-refractivity contribution is 7.89. The molecule has 0 aliphatic heterocycles. The molecule has 0 bridgehead atoms. The van der Waals surface area contributed by atoms with Gasteiger partial charge in [-0.15, -0.1) is 10.2 Å². The van der Waals surface area contributed by atoms with Crippen molar-refractivity contribution in [2.75, 3.05) is 0 Å². The van der Waals surface area contributed by atoms with Gasteiger partial charge in [-0.1, -0.05) is 18.2 Å². The number of para-hydroxylation sites is 1. The lowest BCUT2D eigenvalue weighted by Crippen LogP contribution is -2.24. The fraction of sp³-hybridized carbons (Fsp3) is 0.118. The summed E-state index contributed by atoms with van der Waals surface area (Å²) < 4.78 is 29.8. The van der Waals surface area contributed by atoms with Crippen LogP contribution in [-0.4, -0.2) is 28.0 Å². The van der Waals surface area contributed by atoms with Crippen LogP contribution < -0.4 is 4.72 Å². The summed E-state index contributed by atoms with van der Waals surface area (Å²) in [5.41, 5.74) is 2.09. The molecule has 3 aromatic heterocycles. The minimum absolute atomic E-state index is 0.0375. The number of fused-ring (bicyclic) bond motifs is 2. The smallest absolute Gasteiger partial charge is 0.243 e. The summed E-state index contributed by atoms with van der Waals surface area (Å²) in [6.45, 7) is 1.96. The predicted molar refractivity (Wildman–Crippen MR) is 93.5 cm³/mol. The minimum Gasteiger partial charge on any atom is -0.285 e. The van der Waals surface area contributed by atoms with Crippen molar-refractivity contribution in [3.05, 3.63) is 66.2 Å². The summed E-state index contributed by atoms with van der Waals surface area (Å²) in [5, 5.41) is 8.84. The molecule has 25 heavy (non-hydrogen) atoms. The lowest BCUT2D eigenvalue weighted by molar-refractivity contribution is 0.579. The Bertz CT molecular complexity index is 1180. The normalized spacial score (nSPS) is 12.0. The van der Waals surface area contributed by atoms with Crippen LogP contribution in [0.25, 0.3) is 16.6 Å². The van der Waals surface area contributed by atoms with Crippen LogP contribution in [0.2, 0.25) is 0 Å². The number of aromatic nitrogens is 4. The van der Waals surface area contributed by atoms with Crippen LogP contribution in [0.5, 0.6) is 0 Å². The van der Waals surface area contributed by atoms with Crippen LogP contribution >= 0.6 is 0 Å². The van der Waals surface area contributed by atoms with Gasteiger partial charge in [-0.05, 0) is 36.8 Å². The summed E-state index contributed by atoms with van der Waals surface area (Å²) in [5.74, 6) is 0.517. The third-order valence-electron chi connectivity index (χ3n) is 3.90. The minimum atomic E-state index is -3.74. The Morgan fingerprint density at radius 1 is 1.12 bits per heavy atom. The van der Waals surface area contributed by atoms with E-state index in [1.165, 1.54) is 0 Å². The molecule has 0 atom stereocenters. The van der Waals surface area contributed by atoms with Crippen molar-refractivity contribution in [3.63, 3.8) is 0 Å². The molecule has 0 radical (unpaired) electrons. The Kier molecular flexibility index (Phi) is 3.70. The highest BCUT2D eigenvalue weighted by atomic mass is 32.2. The van der Waals surface area contributed by atoms with Crippen LogP contribution in [0.15, 0.2) is 59.8 Å². The molecule has 0 unspecified atom stereocenters. The Balaban J connectivity index is 1.68. The van der Waals surface area contributed by atoms with Crippen LogP contribution in [-0.2, 0) is 16.6 Å². The van der Waals surface area contributed by atoms with Gasteiger partial charge in [0.2, 0.25) is 10.0 Å². The molecule has 4 rings (SSSR count). The van der Waals surface area contributed by atoms with E-state index in [1.807, 2.05) is 37.3 Å². The molecule has 1 N–H and O–H groups in total. The standard InChI is InChI=1S/C17H15N5O2S/c1-12-9-13-5-4-6-14(17(13)18-10-12)25(23,24)19-11-16-21-20-15-7-2-3-8-22(15)16/h2-10,19H,11H2,1H3. The van der Waals surface area contributed by atoms with E-state index in [1.54, 1.807) is 28.9 Å². The molecule has 0 spiro atoms. The Morgan fingerprint density at radius 3 is 2.88 bits per heavy atom. The number of hydrogen-bond acceptors (Lipinski definition) is 5.